The molecule has 1 fully saturated rings. The first-order chi connectivity index (χ1) is 9.78. The Labute approximate surface area is 120 Å². The molecular formula is C14H25N5O. The van der Waals surface area contributed by atoms with Gasteiger partial charge in [-0.3, -0.25) is 4.90 Å². The van der Waals surface area contributed by atoms with E-state index in [1.54, 1.807) is 0 Å². The van der Waals surface area contributed by atoms with Crippen LogP contribution in [0.3, 0.4) is 0 Å². The highest BCUT2D eigenvalue weighted by atomic mass is 16.5. The van der Waals surface area contributed by atoms with Crippen molar-refractivity contribution < 1.29 is 4.74 Å². The molecule has 20 heavy (non-hydrogen) atoms. The standard InChI is InChI=1S/C14H25N5O/c1-3-4-15-13-11-12(2)17-14(18-13)16-5-6-19-7-9-20-10-8-19/h11H,3-10H2,1-2H3,(H2,15,16,17,18). The molecular weight excluding hydrogens is 254 g/mol. The van der Waals surface area contributed by atoms with E-state index < -0.39 is 0 Å². The highest BCUT2D eigenvalue weighted by molar-refractivity contribution is 5.42. The van der Waals surface area contributed by atoms with Crippen molar-refractivity contribution in [3.05, 3.63) is 11.8 Å². The van der Waals surface area contributed by atoms with E-state index in [0.717, 1.165) is 63.9 Å². The third-order valence-electron chi connectivity index (χ3n) is 3.23. The van der Waals surface area contributed by atoms with Crippen LogP contribution < -0.4 is 10.6 Å². The van der Waals surface area contributed by atoms with Crippen molar-refractivity contribution >= 4 is 11.8 Å². The first-order valence-electron chi connectivity index (χ1n) is 7.41. The topological polar surface area (TPSA) is 62.3 Å². The average molecular weight is 279 g/mol. The van der Waals surface area contributed by atoms with Gasteiger partial charge >= 0.3 is 0 Å². The van der Waals surface area contributed by atoms with Crippen LogP contribution in [-0.2, 0) is 4.74 Å². The number of nitrogens with one attached hydrogen (secondary N) is 2. The van der Waals surface area contributed by atoms with E-state index in [1.807, 2.05) is 13.0 Å². The summed E-state index contributed by atoms with van der Waals surface area (Å²) >= 11 is 0. The fraction of sp³-hybridized carbons (Fsp3) is 0.714. The summed E-state index contributed by atoms with van der Waals surface area (Å²) in [6, 6.07) is 1.98. The Hall–Kier alpha value is -1.40. The van der Waals surface area contributed by atoms with Gasteiger partial charge in [0.05, 0.1) is 13.2 Å². The number of aromatic nitrogens is 2. The lowest BCUT2D eigenvalue weighted by molar-refractivity contribution is 0.0398. The van der Waals surface area contributed by atoms with Crippen molar-refractivity contribution in [3.63, 3.8) is 0 Å². The molecule has 0 radical (unpaired) electrons. The van der Waals surface area contributed by atoms with Gasteiger partial charge < -0.3 is 15.4 Å². The first-order valence-corrected chi connectivity index (χ1v) is 7.41. The molecule has 2 N–H and O–H groups in total. The minimum atomic E-state index is 0.705. The third-order valence-corrected chi connectivity index (χ3v) is 3.23. The van der Waals surface area contributed by atoms with Crippen molar-refractivity contribution in [2.45, 2.75) is 20.3 Å². The molecule has 1 aromatic rings. The summed E-state index contributed by atoms with van der Waals surface area (Å²) in [5.41, 5.74) is 0.979. The number of nitrogens with zero attached hydrogens (tertiary/aromatic N) is 3. The summed E-state index contributed by atoms with van der Waals surface area (Å²) in [7, 11) is 0. The van der Waals surface area contributed by atoms with Crippen molar-refractivity contribution in [2.75, 3.05) is 56.6 Å². The van der Waals surface area contributed by atoms with Crippen molar-refractivity contribution in [1.82, 2.24) is 14.9 Å². The molecule has 1 aromatic heterocycles. The quantitative estimate of drug-likeness (QED) is 0.785. The Morgan fingerprint density at radius 1 is 1.20 bits per heavy atom. The molecule has 2 heterocycles. The normalized spacial score (nSPS) is 16.1. The maximum absolute atomic E-state index is 5.34. The number of morpholine rings is 1. The zero-order valence-electron chi connectivity index (χ0n) is 12.5. The molecule has 0 aliphatic carbocycles. The molecule has 0 saturated carbocycles. The van der Waals surface area contributed by atoms with Crippen LogP contribution in [0, 0.1) is 6.92 Å². The molecule has 2 rings (SSSR count). The molecule has 1 aliphatic heterocycles. The maximum Gasteiger partial charge on any atom is 0.224 e. The number of rotatable bonds is 7. The van der Waals surface area contributed by atoms with Crippen molar-refractivity contribution in [2.24, 2.45) is 0 Å². The zero-order chi connectivity index (χ0) is 14.2. The van der Waals surface area contributed by atoms with Gasteiger partial charge in [0.1, 0.15) is 5.82 Å². The second kappa shape index (κ2) is 8.01. The van der Waals surface area contributed by atoms with E-state index in [2.05, 4.69) is 32.4 Å². The maximum atomic E-state index is 5.34. The van der Waals surface area contributed by atoms with E-state index in [1.165, 1.54) is 0 Å². The molecule has 6 heteroatoms. The highest BCUT2D eigenvalue weighted by Crippen LogP contribution is 2.09. The van der Waals surface area contributed by atoms with Crippen LogP contribution in [0.15, 0.2) is 6.07 Å². The van der Waals surface area contributed by atoms with E-state index >= 15 is 0 Å². The van der Waals surface area contributed by atoms with E-state index in [-0.39, 0.29) is 0 Å². The lowest BCUT2D eigenvalue weighted by Gasteiger charge is -2.26. The van der Waals surface area contributed by atoms with Crippen molar-refractivity contribution in [3.8, 4) is 0 Å². The summed E-state index contributed by atoms with van der Waals surface area (Å²) < 4.78 is 5.34. The van der Waals surface area contributed by atoms with Gasteiger partial charge in [0, 0.05) is 44.5 Å². The Kier molecular flexibility index (Phi) is 6.01. The summed E-state index contributed by atoms with van der Waals surface area (Å²) in [6.45, 7) is 10.6. The molecule has 0 unspecified atom stereocenters. The Morgan fingerprint density at radius 3 is 2.75 bits per heavy atom. The number of hydrogen-bond donors (Lipinski definition) is 2. The van der Waals surface area contributed by atoms with E-state index in [0.29, 0.717) is 5.95 Å². The van der Waals surface area contributed by atoms with Gasteiger partial charge in [0.25, 0.3) is 0 Å². The smallest absolute Gasteiger partial charge is 0.224 e. The molecule has 0 spiro atoms. The van der Waals surface area contributed by atoms with E-state index in [9.17, 15) is 0 Å². The lowest BCUT2D eigenvalue weighted by Crippen LogP contribution is -2.39. The van der Waals surface area contributed by atoms with Gasteiger partial charge in [0.2, 0.25) is 5.95 Å². The number of anilines is 2. The summed E-state index contributed by atoms with van der Waals surface area (Å²) in [5, 5.41) is 6.60. The van der Waals surface area contributed by atoms with E-state index in [4.69, 9.17) is 4.74 Å². The minimum absolute atomic E-state index is 0.705. The predicted molar refractivity (Wildman–Crippen MR) is 81.3 cm³/mol. The van der Waals surface area contributed by atoms with Crippen LogP contribution in [0.5, 0.6) is 0 Å². The number of aryl methyl sites for hydroxylation is 1. The van der Waals surface area contributed by atoms with Crippen LogP contribution in [0.4, 0.5) is 11.8 Å². The monoisotopic (exact) mass is 279 g/mol. The summed E-state index contributed by atoms with van der Waals surface area (Å²) in [5.74, 6) is 1.60. The first kappa shape index (κ1) is 15.0. The van der Waals surface area contributed by atoms with Gasteiger partial charge in [-0.2, -0.15) is 4.98 Å². The molecule has 0 amide bonds. The molecule has 0 atom stereocenters. The molecule has 112 valence electrons. The van der Waals surface area contributed by atoms with Crippen LogP contribution >= 0.6 is 0 Å². The third kappa shape index (κ3) is 4.94. The van der Waals surface area contributed by atoms with Gasteiger partial charge in [-0.15, -0.1) is 0 Å². The summed E-state index contributed by atoms with van der Waals surface area (Å²) in [4.78, 5) is 11.3. The van der Waals surface area contributed by atoms with Crippen LogP contribution in [-0.4, -0.2) is 60.8 Å². The molecule has 0 bridgehead atoms. The largest absolute Gasteiger partial charge is 0.379 e. The van der Waals surface area contributed by atoms with Gasteiger partial charge in [0.15, 0.2) is 0 Å². The fourth-order valence-corrected chi connectivity index (χ4v) is 2.14. The van der Waals surface area contributed by atoms with Crippen LogP contribution in [0.25, 0.3) is 0 Å². The Balaban J connectivity index is 1.80. The lowest BCUT2D eigenvalue weighted by atomic mass is 10.4. The predicted octanol–water partition coefficient (Wildman–Crippen LogP) is 1.35. The number of ether oxygens (including phenoxy) is 1. The van der Waals surface area contributed by atoms with Gasteiger partial charge in [-0.25, -0.2) is 4.98 Å². The Morgan fingerprint density at radius 2 is 2.00 bits per heavy atom. The molecule has 1 saturated heterocycles. The summed E-state index contributed by atoms with van der Waals surface area (Å²) in [6.07, 6.45) is 1.09. The minimum Gasteiger partial charge on any atom is -0.379 e. The second-order valence-corrected chi connectivity index (χ2v) is 5.03. The van der Waals surface area contributed by atoms with Crippen LogP contribution in [0.2, 0.25) is 0 Å². The Bertz CT molecular complexity index is 407. The highest BCUT2D eigenvalue weighted by Gasteiger charge is 2.09. The SMILES string of the molecule is CCCNc1cc(C)nc(NCCN2CCOCC2)n1. The van der Waals surface area contributed by atoms with Gasteiger partial charge in [-0.1, -0.05) is 6.92 Å². The van der Waals surface area contributed by atoms with Gasteiger partial charge in [-0.05, 0) is 13.3 Å². The molecule has 0 aromatic carbocycles. The van der Waals surface area contributed by atoms with Crippen molar-refractivity contribution in [1.29, 1.82) is 0 Å². The molecule has 6 nitrogen and oxygen atoms in total. The second-order valence-electron chi connectivity index (χ2n) is 5.03. The zero-order valence-corrected chi connectivity index (χ0v) is 12.5. The molecule has 1 aliphatic rings. The van der Waals surface area contributed by atoms with Crippen LogP contribution in [0.1, 0.15) is 19.0 Å². The fourth-order valence-electron chi connectivity index (χ4n) is 2.14. The average Bonchev–Trinajstić information content (AvgIpc) is 2.46. The number of hydrogen-bond acceptors (Lipinski definition) is 6.